The van der Waals surface area contributed by atoms with Crippen LogP contribution < -0.4 is 14.8 Å². The van der Waals surface area contributed by atoms with Crippen LogP contribution in [0.2, 0.25) is 0 Å². The lowest BCUT2D eigenvalue weighted by Gasteiger charge is -2.20. The molecule has 0 bridgehead atoms. The van der Waals surface area contributed by atoms with Gasteiger partial charge in [0, 0.05) is 11.8 Å². The van der Waals surface area contributed by atoms with E-state index >= 15 is 0 Å². The van der Waals surface area contributed by atoms with Crippen molar-refractivity contribution < 1.29 is 29.3 Å². The normalized spacial score (nSPS) is 14.2. The number of nitrogens with zero attached hydrogens (tertiary/aromatic N) is 1. The molecule has 0 fully saturated rings. The zero-order valence-corrected chi connectivity index (χ0v) is 17.4. The molecule has 162 valence electrons. The van der Waals surface area contributed by atoms with Crippen molar-refractivity contribution >= 4 is 34.3 Å². The molecule has 0 aliphatic heterocycles. The van der Waals surface area contributed by atoms with Crippen LogP contribution in [0.25, 0.3) is 0 Å². The molecule has 0 saturated heterocycles. The Morgan fingerprint density at radius 3 is 2.06 bits per heavy atom. The number of Topliss-reactive ketones (excluding diaryl/α,β-unsaturated/α-hetero) is 2. The molecule has 3 N–H and O–H groups in total. The van der Waals surface area contributed by atoms with Gasteiger partial charge >= 0.3 is 0 Å². The van der Waals surface area contributed by atoms with Crippen molar-refractivity contribution in [2.75, 3.05) is 19.5 Å². The first-order valence-corrected chi connectivity index (χ1v) is 9.70. The number of benzene rings is 3. The van der Waals surface area contributed by atoms with Crippen LogP contribution in [-0.2, 0) is 0 Å². The number of nitrogens with one attached hydrogen (secondary N) is 1. The van der Waals surface area contributed by atoms with E-state index in [1.807, 2.05) is 0 Å². The van der Waals surface area contributed by atoms with Crippen molar-refractivity contribution in [2.24, 2.45) is 4.99 Å². The van der Waals surface area contributed by atoms with E-state index in [1.54, 1.807) is 55.6 Å². The number of fused-ring (bicyclic) bond motifs is 1. The number of ether oxygens (including phenoxy) is 2. The summed E-state index contributed by atoms with van der Waals surface area (Å²) in [5, 5.41) is 24.2. The second kappa shape index (κ2) is 8.43. The molecule has 32 heavy (non-hydrogen) atoms. The third-order valence-corrected chi connectivity index (χ3v) is 5.08. The Morgan fingerprint density at radius 1 is 0.875 bits per heavy atom. The molecule has 0 heterocycles. The average molecular weight is 432 g/mol. The summed E-state index contributed by atoms with van der Waals surface area (Å²) in [4.78, 5) is 30.1. The highest BCUT2D eigenvalue weighted by atomic mass is 16.5. The molecule has 0 saturated carbocycles. The monoisotopic (exact) mass is 432 g/mol. The maximum absolute atomic E-state index is 13.0. The van der Waals surface area contributed by atoms with Crippen molar-refractivity contribution in [3.05, 3.63) is 65.7 Å². The number of carbonyl (C=O) groups excluding carboxylic acids is 2. The van der Waals surface area contributed by atoms with Crippen LogP contribution >= 0.6 is 0 Å². The standard InChI is InChI=1S/C24H20N2O6/c1-31-15-7-3-13(4-8-15)25-17-11-19(27)22-21(23(17)29)20(28)12-18(24(22)30)26-14-5-9-16(32-2)10-6-14/h3-11,25,27,29H,12H2,1-2H3. The second-order valence-corrected chi connectivity index (χ2v) is 7.08. The van der Waals surface area contributed by atoms with E-state index < -0.39 is 23.1 Å². The highest BCUT2D eigenvalue weighted by molar-refractivity contribution is 6.54. The fourth-order valence-corrected chi connectivity index (χ4v) is 3.45. The van der Waals surface area contributed by atoms with Crippen molar-refractivity contribution in [2.45, 2.75) is 6.42 Å². The van der Waals surface area contributed by atoms with Crippen LogP contribution in [0.3, 0.4) is 0 Å². The van der Waals surface area contributed by atoms with Gasteiger partial charge in [-0.05, 0) is 48.5 Å². The first-order chi connectivity index (χ1) is 15.4. The number of hydrogen-bond donors (Lipinski definition) is 3. The number of ketones is 2. The molecule has 0 spiro atoms. The SMILES string of the molecule is COc1ccc(N=C2CC(=O)c3c(O)c(Nc4ccc(OC)cc4)cc(O)c3C2=O)cc1. The van der Waals surface area contributed by atoms with Gasteiger partial charge in [0.1, 0.15) is 17.2 Å². The van der Waals surface area contributed by atoms with Crippen LogP contribution in [0.15, 0.2) is 59.6 Å². The lowest BCUT2D eigenvalue weighted by atomic mass is 9.86. The van der Waals surface area contributed by atoms with Crippen LogP contribution in [0.5, 0.6) is 23.0 Å². The van der Waals surface area contributed by atoms with E-state index in [1.165, 1.54) is 13.2 Å². The molecule has 0 aromatic heterocycles. The molecule has 8 heteroatoms. The highest BCUT2D eigenvalue weighted by Gasteiger charge is 2.35. The van der Waals surface area contributed by atoms with Crippen LogP contribution in [-0.4, -0.2) is 41.7 Å². The topological polar surface area (TPSA) is 117 Å². The van der Waals surface area contributed by atoms with Gasteiger partial charge in [-0.2, -0.15) is 0 Å². The predicted octanol–water partition coefficient (Wildman–Crippen LogP) is 4.40. The van der Waals surface area contributed by atoms with E-state index in [0.29, 0.717) is 22.9 Å². The number of aliphatic imine (C=N–C) groups is 1. The van der Waals surface area contributed by atoms with Gasteiger partial charge in [-0.25, -0.2) is 4.99 Å². The summed E-state index contributed by atoms with van der Waals surface area (Å²) >= 11 is 0. The zero-order chi connectivity index (χ0) is 22.8. The number of anilines is 2. The molecular formula is C24H20N2O6. The van der Waals surface area contributed by atoms with Gasteiger partial charge in [0.25, 0.3) is 0 Å². The van der Waals surface area contributed by atoms with Gasteiger partial charge in [-0.15, -0.1) is 0 Å². The average Bonchev–Trinajstić information content (AvgIpc) is 2.80. The summed E-state index contributed by atoms with van der Waals surface area (Å²) in [5.41, 5.74) is 0.663. The van der Waals surface area contributed by atoms with Crippen molar-refractivity contribution in [1.82, 2.24) is 0 Å². The number of carbonyl (C=O) groups is 2. The van der Waals surface area contributed by atoms with E-state index in [4.69, 9.17) is 9.47 Å². The van der Waals surface area contributed by atoms with Crippen LogP contribution in [0.1, 0.15) is 27.1 Å². The fraction of sp³-hybridized carbons (Fsp3) is 0.125. The lowest BCUT2D eigenvalue weighted by molar-refractivity contribution is 0.0960. The molecule has 8 nitrogen and oxygen atoms in total. The van der Waals surface area contributed by atoms with Gasteiger partial charge < -0.3 is 25.0 Å². The van der Waals surface area contributed by atoms with E-state index in [9.17, 15) is 19.8 Å². The smallest absolute Gasteiger partial charge is 0.212 e. The molecule has 1 aliphatic rings. The highest BCUT2D eigenvalue weighted by Crippen LogP contribution is 2.41. The maximum Gasteiger partial charge on any atom is 0.212 e. The van der Waals surface area contributed by atoms with E-state index in [-0.39, 0.29) is 28.9 Å². The van der Waals surface area contributed by atoms with Crippen molar-refractivity contribution in [3.63, 3.8) is 0 Å². The summed E-state index contributed by atoms with van der Waals surface area (Å²) in [6.07, 6.45) is -0.295. The third kappa shape index (κ3) is 3.85. The minimum Gasteiger partial charge on any atom is -0.507 e. The molecular weight excluding hydrogens is 412 g/mol. The van der Waals surface area contributed by atoms with E-state index in [0.717, 1.165) is 0 Å². The summed E-state index contributed by atoms with van der Waals surface area (Å²) in [6, 6.07) is 14.7. The predicted molar refractivity (Wildman–Crippen MR) is 119 cm³/mol. The van der Waals surface area contributed by atoms with Gasteiger partial charge in [-0.1, -0.05) is 0 Å². The number of phenolic OH excluding ortho intramolecular Hbond substituents is 2. The van der Waals surface area contributed by atoms with Crippen LogP contribution in [0.4, 0.5) is 17.1 Å². The maximum atomic E-state index is 13.0. The summed E-state index contributed by atoms with van der Waals surface area (Å²) in [5.74, 6) is -0.677. The Balaban J connectivity index is 1.69. The minimum absolute atomic E-state index is 0.0155. The first kappa shape index (κ1) is 20.9. The molecule has 0 atom stereocenters. The minimum atomic E-state index is -0.612. The molecule has 3 aromatic rings. The number of rotatable bonds is 5. The Labute approximate surface area is 183 Å². The van der Waals surface area contributed by atoms with Gasteiger partial charge in [0.2, 0.25) is 5.78 Å². The molecule has 0 unspecified atom stereocenters. The Hall–Kier alpha value is -4.33. The summed E-state index contributed by atoms with van der Waals surface area (Å²) in [7, 11) is 3.08. The van der Waals surface area contributed by atoms with Gasteiger partial charge in [-0.3, -0.25) is 9.59 Å². The molecule has 4 rings (SSSR count). The Bertz CT molecular complexity index is 1230. The van der Waals surface area contributed by atoms with Crippen molar-refractivity contribution in [3.8, 4) is 23.0 Å². The van der Waals surface area contributed by atoms with E-state index in [2.05, 4.69) is 10.3 Å². The largest absolute Gasteiger partial charge is 0.507 e. The lowest BCUT2D eigenvalue weighted by Crippen LogP contribution is -2.27. The second-order valence-electron chi connectivity index (χ2n) is 7.08. The van der Waals surface area contributed by atoms with Crippen molar-refractivity contribution in [1.29, 1.82) is 0 Å². The Morgan fingerprint density at radius 2 is 1.47 bits per heavy atom. The third-order valence-electron chi connectivity index (χ3n) is 5.08. The Kier molecular flexibility index (Phi) is 5.51. The van der Waals surface area contributed by atoms with Gasteiger partial charge in [0.15, 0.2) is 11.5 Å². The van der Waals surface area contributed by atoms with Crippen LogP contribution in [0, 0.1) is 0 Å². The number of phenols is 2. The number of hydrogen-bond acceptors (Lipinski definition) is 8. The first-order valence-electron chi connectivity index (χ1n) is 9.70. The summed E-state index contributed by atoms with van der Waals surface area (Å²) in [6.45, 7) is 0. The molecule has 3 aromatic carbocycles. The zero-order valence-electron chi connectivity index (χ0n) is 17.4. The quantitative estimate of drug-likeness (QED) is 0.404. The fourth-order valence-electron chi connectivity index (χ4n) is 3.45. The number of aromatic hydroxyl groups is 2. The summed E-state index contributed by atoms with van der Waals surface area (Å²) < 4.78 is 10.2. The molecule has 1 aliphatic carbocycles. The number of methoxy groups -OCH3 is 2. The van der Waals surface area contributed by atoms with Gasteiger partial charge in [0.05, 0.1) is 48.9 Å². The molecule has 0 radical (unpaired) electrons. The molecule has 0 amide bonds.